The van der Waals surface area contributed by atoms with Gasteiger partial charge in [0.15, 0.2) is 0 Å². The van der Waals surface area contributed by atoms with E-state index in [4.69, 9.17) is 0 Å². The molecule has 24 heavy (non-hydrogen) atoms. The second-order valence-corrected chi connectivity index (χ2v) is 6.75. The number of benzene rings is 1. The van der Waals surface area contributed by atoms with Gasteiger partial charge >= 0.3 is 0 Å². The van der Waals surface area contributed by atoms with Crippen molar-refractivity contribution < 1.29 is 14.0 Å². The summed E-state index contributed by atoms with van der Waals surface area (Å²) in [5.74, 6) is 0.390. The Balaban J connectivity index is 1.94. The van der Waals surface area contributed by atoms with Crippen molar-refractivity contribution in [2.24, 2.45) is 0 Å². The number of halogens is 1. The van der Waals surface area contributed by atoms with E-state index in [2.05, 4.69) is 10.6 Å². The van der Waals surface area contributed by atoms with Crippen molar-refractivity contribution in [3.05, 3.63) is 35.6 Å². The molecule has 1 heterocycles. The normalized spacial score (nSPS) is 18.2. The molecule has 1 fully saturated rings. The summed E-state index contributed by atoms with van der Waals surface area (Å²) in [6.45, 7) is 2.05. The van der Waals surface area contributed by atoms with E-state index in [1.54, 1.807) is 30.0 Å². The maximum Gasteiger partial charge on any atom is 0.237 e. The number of thioether (sulfide) groups is 1. The van der Waals surface area contributed by atoms with Crippen molar-refractivity contribution in [1.29, 1.82) is 0 Å². The Morgan fingerprint density at radius 1 is 1.46 bits per heavy atom. The third kappa shape index (κ3) is 5.49. The minimum Gasteiger partial charge on any atom is -0.356 e. The number of amides is 2. The molecule has 1 aliphatic rings. The lowest BCUT2D eigenvalue weighted by atomic mass is 10.1. The molecule has 1 atom stereocenters. The number of nitrogens with zero attached hydrogens (tertiary/aromatic N) is 1. The monoisotopic (exact) mass is 353 g/mol. The Labute approximate surface area is 146 Å². The summed E-state index contributed by atoms with van der Waals surface area (Å²) in [5.41, 5.74) is 0.539. The van der Waals surface area contributed by atoms with Crippen LogP contribution in [-0.4, -0.2) is 54.4 Å². The molecule has 1 aromatic rings. The zero-order valence-electron chi connectivity index (χ0n) is 13.9. The molecular weight excluding hydrogens is 329 g/mol. The maximum absolute atomic E-state index is 13.9. The van der Waals surface area contributed by atoms with Gasteiger partial charge in [-0.25, -0.2) is 4.39 Å². The summed E-state index contributed by atoms with van der Waals surface area (Å²) in [6.07, 6.45) is 3.02. The highest BCUT2D eigenvalue weighted by molar-refractivity contribution is 7.98. The summed E-state index contributed by atoms with van der Waals surface area (Å²) in [4.78, 5) is 26.1. The lowest BCUT2D eigenvalue weighted by Gasteiger charge is -2.34. The first-order chi connectivity index (χ1) is 11.6. The molecule has 0 aliphatic carbocycles. The smallest absolute Gasteiger partial charge is 0.237 e. The molecule has 0 saturated carbocycles. The Kier molecular flexibility index (Phi) is 7.52. The van der Waals surface area contributed by atoms with Crippen LogP contribution in [0.4, 0.5) is 4.39 Å². The predicted molar refractivity (Wildman–Crippen MR) is 94.2 cm³/mol. The third-order valence-electron chi connectivity index (χ3n) is 4.00. The van der Waals surface area contributed by atoms with E-state index in [1.165, 1.54) is 6.07 Å². The van der Waals surface area contributed by atoms with Gasteiger partial charge in [-0.05, 0) is 24.5 Å². The minimum atomic E-state index is -0.557. The number of hydrogen-bond acceptors (Lipinski definition) is 4. The number of piperazine rings is 1. The number of nitrogens with one attached hydrogen (secondary N) is 2. The van der Waals surface area contributed by atoms with Crippen molar-refractivity contribution >= 4 is 23.6 Å². The molecule has 7 heteroatoms. The summed E-state index contributed by atoms with van der Waals surface area (Å²) in [5, 5.41) is 5.63. The van der Waals surface area contributed by atoms with E-state index in [0.29, 0.717) is 31.7 Å². The van der Waals surface area contributed by atoms with Crippen molar-refractivity contribution in [2.45, 2.75) is 25.4 Å². The lowest BCUT2D eigenvalue weighted by molar-refractivity contribution is -0.134. The number of rotatable bonds is 8. The van der Waals surface area contributed by atoms with Gasteiger partial charge in [0.2, 0.25) is 11.8 Å². The molecule has 5 nitrogen and oxygen atoms in total. The quantitative estimate of drug-likeness (QED) is 0.694. The van der Waals surface area contributed by atoms with E-state index >= 15 is 0 Å². The van der Waals surface area contributed by atoms with Crippen molar-refractivity contribution in [3.63, 3.8) is 0 Å². The first-order valence-corrected chi connectivity index (χ1v) is 9.52. The largest absolute Gasteiger partial charge is 0.356 e. The van der Waals surface area contributed by atoms with E-state index in [0.717, 1.165) is 12.2 Å². The molecule has 1 unspecified atom stereocenters. The highest BCUT2D eigenvalue weighted by atomic mass is 32.2. The third-order valence-corrected chi connectivity index (χ3v) is 4.70. The molecule has 1 aliphatic heterocycles. The first kappa shape index (κ1) is 18.7. The highest BCUT2D eigenvalue weighted by Gasteiger charge is 2.31. The Bertz CT molecular complexity index is 571. The lowest BCUT2D eigenvalue weighted by Crippen LogP contribution is -2.56. The van der Waals surface area contributed by atoms with E-state index in [1.807, 2.05) is 11.2 Å². The SMILES string of the molecule is CSCCCNC(=O)CC1C(=O)NCCN1Cc1ccccc1F. The van der Waals surface area contributed by atoms with Crippen LogP contribution >= 0.6 is 11.8 Å². The summed E-state index contributed by atoms with van der Waals surface area (Å²) >= 11 is 1.73. The topological polar surface area (TPSA) is 61.4 Å². The molecule has 1 aromatic carbocycles. The van der Waals surface area contributed by atoms with Crippen LogP contribution in [0.3, 0.4) is 0 Å². The van der Waals surface area contributed by atoms with Gasteiger partial charge in [0.25, 0.3) is 0 Å². The van der Waals surface area contributed by atoms with Crippen LogP contribution in [0, 0.1) is 5.82 Å². The molecule has 0 radical (unpaired) electrons. The van der Waals surface area contributed by atoms with Gasteiger partial charge in [0, 0.05) is 31.7 Å². The van der Waals surface area contributed by atoms with Crippen LogP contribution in [-0.2, 0) is 16.1 Å². The summed E-state index contributed by atoms with van der Waals surface area (Å²) in [6, 6.07) is 5.98. The number of carbonyl (C=O) groups is 2. The molecule has 2 amide bonds. The van der Waals surface area contributed by atoms with Gasteiger partial charge in [-0.2, -0.15) is 11.8 Å². The van der Waals surface area contributed by atoms with Gasteiger partial charge in [-0.1, -0.05) is 18.2 Å². The van der Waals surface area contributed by atoms with E-state index in [9.17, 15) is 14.0 Å². The van der Waals surface area contributed by atoms with Crippen LogP contribution in [0.25, 0.3) is 0 Å². The molecule has 0 bridgehead atoms. The van der Waals surface area contributed by atoms with Crippen LogP contribution in [0.2, 0.25) is 0 Å². The zero-order valence-corrected chi connectivity index (χ0v) is 14.7. The average Bonchev–Trinajstić information content (AvgIpc) is 2.57. The van der Waals surface area contributed by atoms with Crippen LogP contribution < -0.4 is 10.6 Å². The van der Waals surface area contributed by atoms with Gasteiger partial charge < -0.3 is 10.6 Å². The van der Waals surface area contributed by atoms with Crippen molar-refractivity contribution in [3.8, 4) is 0 Å². The van der Waals surface area contributed by atoms with Crippen LogP contribution in [0.15, 0.2) is 24.3 Å². The molecule has 132 valence electrons. The van der Waals surface area contributed by atoms with Gasteiger partial charge in [-0.15, -0.1) is 0 Å². The zero-order chi connectivity index (χ0) is 17.4. The number of hydrogen-bond donors (Lipinski definition) is 2. The standard InChI is InChI=1S/C17H24FN3O2S/c1-24-10-4-7-19-16(22)11-15-17(23)20-8-9-21(15)12-13-5-2-3-6-14(13)18/h2-3,5-6,15H,4,7-12H2,1H3,(H,19,22)(H,20,23). The van der Waals surface area contributed by atoms with Crippen molar-refractivity contribution in [1.82, 2.24) is 15.5 Å². The van der Waals surface area contributed by atoms with E-state index in [-0.39, 0.29) is 24.1 Å². The fourth-order valence-electron chi connectivity index (χ4n) is 2.71. The molecule has 2 N–H and O–H groups in total. The second kappa shape index (κ2) is 9.64. The van der Waals surface area contributed by atoms with Gasteiger partial charge in [-0.3, -0.25) is 14.5 Å². The average molecular weight is 353 g/mol. The summed E-state index contributed by atoms with van der Waals surface area (Å²) in [7, 11) is 0. The van der Waals surface area contributed by atoms with Crippen molar-refractivity contribution in [2.75, 3.05) is 31.6 Å². The fourth-order valence-corrected chi connectivity index (χ4v) is 3.14. The molecule has 0 spiro atoms. The highest BCUT2D eigenvalue weighted by Crippen LogP contribution is 2.16. The van der Waals surface area contributed by atoms with Gasteiger partial charge in [0.05, 0.1) is 12.5 Å². The molecule has 1 saturated heterocycles. The first-order valence-electron chi connectivity index (χ1n) is 8.12. The van der Waals surface area contributed by atoms with Crippen LogP contribution in [0.5, 0.6) is 0 Å². The molecular formula is C17H24FN3O2S. The van der Waals surface area contributed by atoms with E-state index < -0.39 is 6.04 Å². The molecule has 0 aromatic heterocycles. The second-order valence-electron chi connectivity index (χ2n) is 5.77. The fraction of sp³-hybridized carbons (Fsp3) is 0.529. The number of carbonyl (C=O) groups excluding carboxylic acids is 2. The molecule has 2 rings (SSSR count). The maximum atomic E-state index is 13.9. The van der Waals surface area contributed by atoms with Gasteiger partial charge in [0.1, 0.15) is 5.82 Å². The predicted octanol–water partition coefficient (Wildman–Crippen LogP) is 1.39. The Morgan fingerprint density at radius 3 is 3.00 bits per heavy atom. The minimum absolute atomic E-state index is 0.0968. The van der Waals surface area contributed by atoms with Crippen LogP contribution in [0.1, 0.15) is 18.4 Å². The summed E-state index contributed by atoms with van der Waals surface area (Å²) < 4.78 is 13.9. The Hall–Kier alpha value is -1.60. The Morgan fingerprint density at radius 2 is 2.25 bits per heavy atom.